The van der Waals surface area contributed by atoms with Crippen molar-refractivity contribution in [2.24, 2.45) is 5.41 Å². The number of hydrogen-bond donors (Lipinski definition) is 2. The molecule has 1 aliphatic rings. The molecular formula is C18H37N3. The van der Waals surface area contributed by atoms with Crippen molar-refractivity contribution in [3.8, 4) is 0 Å². The first-order valence-corrected chi connectivity index (χ1v) is 8.71. The van der Waals surface area contributed by atoms with Gasteiger partial charge >= 0.3 is 0 Å². The van der Waals surface area contributed by atoms with Crippen LogP contribution in [0.4, 0.5) is 0 Å². The lowest BCUT2D eigenvalue weighted by Crippen LogP contribution is -2.54. The highest BCUT2D eigenvalue weighted by atomic mass is 15.2. The van der Waals surface area contributed by atoms with Crippen molar-refractivity contribution in [2.75, 3.05) is 26.2 Å². The Morgan fingerprint density at radius 3 is 2.76 bits per heavy atom. The minimum absolute atomic E-state index is 0.324. The molecular weight excluding hydrogens is 258 g/mol. The Bertz CT molecular complexity index is 306. The molecule has 124 valence electrons. The number of allylic oxidation sites excluding steroid dienone is 1. The molecule has 1 fully saturated rings. The summed E-state index contributed by atoms with van der Waals surface area (Å²) in [5, 5.41) is 7.31. The summed E-state index contributed by atoms with van der Waals surface area (Å²) in [6, 6.07) is 1.17. The Hall–Kier alpha value is -0.540. The summed E-state index contributed by atoms with van der Waals surface area (Å²) in [4.78, 5) is 2.48. The van der Waals surface area contributed by atoms with Crippen molar-refractivity contribution in [2.45, 2.75) is 72.4 Å². The number of nitrogens with zero attached hydrogens (tertiary/aromatic N) is 1. The molecule has 0 bridgehead atoms. The normalized spacial score (nSPS) is 21.4. The summed E-state index contributed by atoms with van der Waals surface area (Å²) in [6.07, 6.45) is 4.97. The first-order valence-electron chi connectivity index (χ1n) is 8.71. The van der Waals surface area contributed by atoms with Gasteiger partial charge in [0.2, 0.25) is 0 Å². The molecule has 1 aliphatic heterocycles. The average Bonchev–Trinajstić information content (AvgIpc) is 2.41. The largest absolute Gasteiger partial charge is 0.372 e. The predicted octanol–water partition coefficient (Wildman–Crippen LogP) is 3.38. The van der Waals surface area contributed by atoms with Gasteiger partial charge in [0, 0.05) is 44.0 Å². The van der Waals surface area contributed by atoms with Gasteiger partial charge in [-0.1, -0.05) is 47.1 Å². The third kappa shape index (κ3) is 7.87. The molecule has 0 aromatic heterocycles. The fourth-order valence-corrected chi connectivity index (χ4v) is 2.93. The van der Waals surface area contributed by atoms with Crippen LogP contribution in [0.2, 0.25) is 0 Å². The van der Waals surface area contributed by atoms with Crippen LogP contribution in [0.15, 0.2) is 12.3 Å². The van der Waals surface area contributed by atoms with Crippen LogP contribution in [-0.4, -0.2) is 43.2 Å². The van der Waals surface area contributed by atoms with Gasteiger partial charge < -0.3 is 15.5 Å². The van der Waals surface area contributed by atoms with Gasteiger partial charge in [-0.15, -0.1) is 0 Å². The van der Waals surface area contributed by atoms with Crippen LogP contribution in [0.25, 0.3) is 0 Å². The fourth-order valence-electron chi connectivity index (χ4n) is 2.93. The second-order valence-corrected chi connectivity index (χ2v) is 7.85. The maximum Gasteiger partial charge on any atom is 0.0369 e. The summed E-state index contributed by atoms with van der Waals surface area (Å²) in [7, 11) is 0. The fraction of sp³-hybridized carbons (Fsp3) is 0.889. The third-order valence-electron chi connectivity index (χ3n) is 4.14. The number of unbranched alkanes of at least 4 members (excludes halogenated alkanes) is 1. The SMILES string of the molecule is C=C(CC(C)(C)C)N1CCNC(CNC(C)CCCC)C1. The van der Waals surface area contributed by atoms with E-state index in [1.54, 1.807) is 0 Å². The van der Waals surface area contributed by atoms with Crippen LogP contribution in [0.1, 0.15) is 60.3 Å². The lowest BCUT2D eigenvalue weighted by molar-refractivity contribution is 0.217. The molecule has 0 aromatic carbocycles. The molecule has 1 rings (SSSR count). The minimum Gasteiger partial charge on any atom is -0.372 e. The Balaban J connectivity index is 2.33. The molecule has 3 heteroatoms. The molecule has 2 unspecified atom stereocenters. The maximum absolute atomic E-state index is 4.31. The van der Waals surface area contributed by atoms with E-state index in [-0.39, 0.29) is 0 Å². The Morgan fingerprint density at radius 1 is 1.43 bits per heavy atom. The van der Waals surface area contributed by atoms with Gasteiger partial charge in [0.1, 0.15) is 0 Å². The second-order valence-electron chi connectivity index (χ2n) is 7.85. The highest BCUT2D eigenvalue weighted by Crippen LogP contribution is 2.25. The van der Waals surface area contributed by atoms with Gasteiger partial charge in [0.05, 0.1) is 0 Å². The molecule has 0 amide bonds. The first-order chi connectivity index (χ1) is 9.81. The van der Waals surface area contributed by atoms with Crippen molar-refractivity contribution < 1.29 is 0 Å². The smallest absolute Gasteiger partial charge is 0.0369 e. The van der Waals surface area contributed by atoms with E-state index in [1.165, 1.54) is 25.0 Å². The highest BCUT2D eigenvalue weighted by Gasteiger charge is 2.22. The molecule has 0 saturated carbocycles. The second kappa shape index (κ2) is 8.79. The van der Waals surface area contributed by atoms with Crippen molar-refractivity contribution in [3.63, 3.8) is 0 Å². The Kier molecular flexibility index (Phi) is 7.75. The van der Waals surface area contributed by atoms with E-state index in [0.29, 0.717) is 17.5 Å². The molecule has 0 spiro atoms. The minimum atomic E-state index is 0.324. The summed E-state index contributed by atoms with van der Waals surface area (Å²) >= 11 is 0. The summed E-state index contributed by atoms with van der Waals surface area (Å²) in [6.45, 7) is 20.0. The summed E-state index contributed by atoms with van der Waals surface area (Å²) in [5.74, 6) is 0. The number of rotatable bonds is 8. The van der Waals surface area contributed by atoms with Crippen LogP contribution < -0.4 is 10.6 Å². The van der Waals surface area contributed by atoms with Crippen LogP contribution in [0.5, 0.6) is 0 Å². The van der Waals surface area contributed by atoms with Gasteiger partial charge in [-0.2, -0.15) is 0 Å². The average molecular weight is 296 g/mol. The summed E-state index contributed by atoms with van der Waals surface area (Å²) < 4.78 is 0. The van der Waals surface area contributed by atoms with Gasteiger partial charge in [-0.3, -0.25) is 0 Å². The topological polar surface area (TPSA) is 27.3 Å². The van der Waals surface area contributed by atoms with Crippen molar-refractivity contribution in [1.29, 1.82) is 0 Å². The molecule has 2 atom stereocenters. The standard InChI is InChI=1S/C18H37N3/c1-7-8-9-15(2)20-13-17-14-21(11-10-19-17)16(3)12-18(4,5)6/h15,17,19-20H,3,7-14H2,1-2,4-6H3. The third-order valence-corrected chi connectivity index (χ3v) is 4.14. The zero-order chi connectivity index (χ0) is 15.9. The van der Waals surface area contributed by atoms with Gasteiger partial charge in [0.15, 0.2) is 0 Å². The van der Waals surface area contributed by atoms with Crippen LogP contribution in [0, 0.1) is 5.41 Å². The van der Waals surface area contributed by atoms with E-state index in [2.05, 4.69) is 56.7 Å². The molecule has 0 aliphatic carbocycles. The molecule has 1 saturated heterocycles. The lowest BCUT2D eigenvalue weighted by atomic mass is 9.90. The zero-order valence-electron chi connectivity index (χ0n) is 15.0. The molecule has 0 radical (unpaired) electrons. The van der Waals surface area contributed by atoms with E-state index in [9.17, 15) is 0 Å². The Morgan fingerprint density at radius 2 is 2.14 bits per heavy atom. The van der Waals surface area contributed by atoms with Crippen LogP contribution in [-0.2, 0) is 0 Å². The molecule has 1 heterocycles. The van der Waals surface area contributed by atoms with Gasteiger partial charge in [-0.25, -0.2) is 0 Å². The monoisotopic (exact) mass is 295 g/mol. The number of piperazine rings is 1. The predicted molar refractivity (Wildman–Crippen MR) is 93.6 cm³/mol. The zero-order valence-corrected chi connectivity index (χ0v) is 15.0. The molecule has 2 N–H and O–H groups in total. The summed E-state index contributed by atoms with van der Waals surface area (Å²) in [5.41, 5.74) is 1.62. The van der Waals surface area contributed by atoms with Crippen molar-refractivity contribution in [3.05, 3.63) is 12.3 Å². The first kappa shape index (κ1) is 18.5. The van der Waals surface area contributed by atoms with E-state index in [1.807, 2.05) is 0 Å². The van der Waals surface area contributed by atoms with E-state index >= 15 is 0 Å². The molecule has 21 heavy (non-hydrogen) atoms. The van der Waals surface area contributed by atoms with Crippen molar-refractivity contribution in [1.82, 2.24) is 15.5 Å². The van der Waals surface area contributed by atoms with E-state index in [4.69, 9.17) is 0 Å². The highest BCUT2D eigenvalue weighted by molar-refractivity contribution is 5.00. The number of hydrogen-bond acceptors (Lipinski definition) is 3. The lowest BCUT2D eigenvalue weighted by Gasteiger charge is -2.38. The maximum atomic E-state index is 4.31. The van der Waals surface area contributed by atoms with Gasteiger partial charge in [-0.05, 0) is 25.2 Å². The van der Waals surface area contributed by atoms with Crippen molar-refractivity contribution >= 4 is 0 Å². The van der Waals surface area contributed by atoms with E-state index in [0.717, 1.165) is 32.6 Å². The number of nitrogens with one attached hydrogen (secondary N) is 2. The van der Waals surface area contributed by atoms with Crippen LogP contribution >= 0.6 is 0 Å². The van der Waals surface area contributed by atoms with E-state index < -0.39 is 0 Å². The van der Waals surface area contributed by atoms with Gasteiger partial charge in [0.25, 0.3) is 0 Å². The quantitative estimate of drug-likeness (QED) is 0.719. The van der Waals surface area contributed by atoms with Crippen LogP contribution in [0.3, 0.4) is 0 Å². The Labute approximate surface area is 132 Å². The molecule has 0 aromatic rings. The molecule has 3 nitrogen and oxygen atoms in total.